The summed E-state index contributed by atoms with van der Waals surface area (Å²) in [5.74, 6) is 0.306. The van der Waals surface area contributed by atoms with Gasteiger partial charge >= 0.3 is 11.9 Å². The number of benzene rings is 2. The van der Waals surface area contributed by atoms with Gasteiger partial charge in [-0.05, 0) is 60.4 Å². The molecule has 1 N–H and O–H groups in total. The molecule has 218 valence electrons. The molecule has 2 aromatic carbocycles. The summed E-state index contributed by atoms with van der Waals surface area (Å²) in [7, 11) is 1.39. The molecule has 3 aromatic heterocycles. The van der Waals surface area contributed by atoms with Crippen molar-refractivity contribution >= 4 is 45.1 Å². The number of furan rings is 1. The van der Waals surface area contributed by atoms with Gasteiger partial charge in [-0.3, -0.25) is 9.59 Å². The molecular formula is C33H34N2O6S. The number of carboxylic acid groups (broad SMARTS) is 1. The maximum Gasteiger partial charge on any atom is 0.310 e. The van der Waals surface area contributed by atoms with Crippen molar-refractivity contribution in [1.82, 2.24) is 9.55 Å². The first-order valence-electron chi connectivity index (χ1n) is 14.0. The molecule has 0 radical (unpaired) electrons. The van der Waals surface area contributed by atoms with E-state index in [1.807, 2.05) is 36.5 Å². The molecule has 0 unspecified atom stereocenters. The molecule has 0 spiro atoms. The van der Waals surface area contributed by atoms with Crippen LogP contribution in [0.5, 0.6) is 5.75 Å². The summed E-state index contributed by atoms with van der Waals surface area (Å²) in [4.78, 5) is 28.3. The van der Waals surface area contributed by atoms with Crippen LogP contribution in [0, 0.1) is 5.41 Å². The third kappa shape index (κ3) is 5.79. The number of aromatic nitrogens is 2. The zero-order chi connectivity index (χ0) is 29.6. The molecule has 1 saturated carbocycles. The normalized spacial score (nSPS) is 14.4. The smallest absolute Gasteiger partial charge is 0.310 e. The molecule has 6 rings (SSSR count). The van der Waals surface area contributed by atoms with Crippen molar-refractivity contribution in [2.24, 2.45) is 5.41 Å². The average molecular weight is 587 g/mol. The van der Waals surface area contributed by atoms with E-state index >= 15 is 0 Å². The predicted octanol–water partition coefficient (Wildman–Crippen LogP) is 7.21. The molecule has 0 amide bonds. The molecule has 0 bridgehead atoms. The van der Waals surface area contributed by atoms with E-state index in [0.29, 0.717) is 18.9 Å². The third-order valence-corrected chi connectivity index (χ3v) is 8.80. The summed E-state index contributed by atoms with van der Waals surface area (Å²) >= 11 is 1.59. The van der Waals surface area contributed by atoms with Gasteiger partial charge in [-0.1, -0.05) is 26.8 Å². The van der Waals surface area contributed by atoms with Crippen LogP contribution in [0.15, 0.2) is 58.5 Å². The van der Waals surface area contributed by atoms with Gasteiger partial charge in [-0.15, -0.1) is 11.3 Å². The maximum absolute atomic E-state index is 12.2. The monoisotopic (exact) mass is 586 g/mol. The van der Waals surface area contributed by atoms with Crippen LogP contribution < -0.4 is 4.74 Å². The van der Waals surface area contributed by atoms with E-state index in [-0.39, 0.29) is 29.6 Å². The Morgan fingerprint density at radius 2 is 1.95 bits per heavy atom. The predicted molar refractivity (Wildman–Crippen MR) is 162 cm³/mol. The van der Waals surface area contributed by atoms with Gasteiger partial charge in [-0.2, -0.15) is 0 Å². The second-order valence-corrected chi connectivity index (χ2v) is 13.2. The molecule has 5 aromatic rings. The number of carbonyl (C=O) groups excluding carboxylic acids is 1. The summed E-state index contributed by atoms with van der Waals surface area (Å²) in [6.07, 6.45) is 3.96. The van der Waals surface area contributed by atoms with Gasteiger partial charge in [0.15, 0.2) is 10.8 Å². The summed E-state index contributed by atoms with van der Waals surface area (Å²) in [6.45, 7) is 7.41. The fraction of sp³-hybridized carbons (Fsp3) is 0.364. The molecule has 42 heavy (non-hydrogen) atoms. The highest BCUT2D eigenvalue weighted by Crippen LogP contribution is 2.49. The first-order chi connectivity index (χ1) is 20.0. The summed E-state index contributed by atoms with van der Waals surface area (Å²) < 4.78 is 19.3. The quantitative estimate of drug-likeness (QED) is 0.173. The molecule has 0 aliphatic heterocycles. The van der Waals surface area contributed by atoms with Crippen LogP contribution in [0.1, 0.15) is 56.9 Å². The molecule has 0 atom stereocenters. The molecular weight excluding hydrogens is 552 g/mol. The minimum Gasteiger partial charge on any atom is -0.493 e. The van der Waals surface area contributed by atoms with Crippen molar-refractivity contribution < 1.29 is 28.6 Å². The summed E-state index contributed by atoms with van der Waals surface area (Å²) in [5.41, 5.74) is 4.47. The van der Waals surface area contributed by atoms with Gasteiger partial charge in [0.05, 0.1) is 32.3 Å². The Balaban J connectivity index is 1.27. The standard InChI is InChI=1S/C33H34N2O6S/c1-32(2,3)28-18-42-31(34-28)27-12-21-11-20(5-8-26(21)41-27)16-35-17-22(13-30(38)39-4)24-14-23(6-7-25(24)35)40-19-33(9-10-33)15-29(36)37/h5-8,11-12,14,17-18H,9-10,13,15-16,19H2,1-4H3,(H,36,37). The van der Waals surface area contributed by atoms with Gasteiger partial charge in [0.1, 0.15) is 11.3 Å². The van der Waals surface area contributed by atoms with Crippen molar-refractivity contribution in [1.29, 1.82) is 0 Å². The van der Waals surface area contributed by atoms with Crippen molar-refractivity contribution in [3.63, 3.8) is 0 Å². The Morgan fingerprint density at radius 3 is 2.64 bits per heavy atom. The second kappa shape index (κ2) is 10.6. The third-order valence-electron chi connectivity index (χ3n) is 7.94. The zero-order valence-electron chi connectivity index (χ0n) is 24.2. The van der Waals surface area contributed by atoms with E-state index in [4.69, 9.17) is 18.9 Å². The highest BCUT2D eigenvalue weighted by atomic mass is 32.1. The first kappa shape index (κ1) is 28.0. The minimum absolute atomic E-state index is 0.0210. The lowest BCUT2D eigenvalue weighted by Crippen LogP contribution is -2.17. The number of thiazole rings is 1. The Hall–Kier alpha value is -4.11. The van der Waals surface area contributed by atoms with E-state index in [9.17, 15) is 14.7 Å². The van der Waals surface area contributed by atoms with Gasteiger partial charge in [0.25, 0.3) is 0 Å². The van der Waals surface area contributed by atoms with Crippen molar-refractivity contribution in [2.45, 2.75) is 58.4 Å². The van der Waals surface area contributed by atoms with Gasteiger partial charge in [-0.25, -0.2) is 4.98 Å². The van der Waals surface area contributed by atoms with Crippen LogP contribution in [-0.2, 0) is 32.7 Å². The number of carbonyl (C=O) groups is 2. The lowest BCUT2D eigenvalue weighted by molar-refractivity contribution is -0.140. The van der Waals surface area contributed by atoms with Crippen LogP contribution in [0.4, 0.5) is 0 Å². The van der Waals surface area contributed by atoms with Crippen LogP contribution >= 0.6 is 11.3 Å². The summed E-state index contributed by atoms with van der Waals surface area (Å²) in [5, 5.41) is 14.1. The molecule has 0 saturated heterocycles. The van der Waals surface area contributed by atoms with Gasteiger partial charge < -0.3 is 23.6 Å². The largest absolute Gasteiger partial charge is 0.493 e. The van der Waals surface area contributed by atoms with Crippen LogP contribution in [0.2, 0.25) is 0 Å². The average Bonchev–Trinajstić information content (AvgIpc) is 3.28. The van der Waals surface area contributed by atoms with E-state index in [2.05, 4.69) is 42.9 Å². The van der Waals surface area contributed by atoms with Crippen molar-refractivity contribution in [3.05, 3.63) is 70.9 Å². The number of carboxylic acids is 1. The molecule has 1 aliphatic carbocycles. The molecule has 3 heterocycles. The number of ether oxygens (including phenoxy) is 2. The highest BCUT2D eigenvalue weighted by Gasteiger charge is 2.45. The number of hydrogen-bond acceptors (Lipinski definition) is 7. The van der Waals surface area contributed by atoms with Crippen molar-refractivity contribution in [2.75, 3.05) is 13.7 Å². The second-order valence-electron chi connectivity index (χ2n) is 12.3. The molecule has 9 heteroatoms. The van der Waals surface area contributed by atoms with Crippen molar-refractivity contribution in [3.8, 4) is 16.5 Å². The van der Waals surface area contributed by atoms with Gasteiger partial charge in [0, 0.05) is 45.2 Å². The SMILES string of the molecule is COC(=O)Cc1cn(Cc2ccc3oc(-c4nc(C(C)(C)C)cs4)cc3c2)c2ccc(OCC3(CC(=O)O)CC3)cc12. The van der Waals surface area contributed by atoms with E-state index in [1.165, 1.54) is 7.11 Å². The lowest BCUT2D eigenvalue weighted by Gasteiger charge is -2.14. The highest BCUT2D eigenvalue weighted by molar-refractivity contribution is 7.13. The van der Waals surface area contributed by atoms with Crippen LogP contribution in [0.25, 0.3) is 32.6 Å². The number of hydrogen-bond donors (Lipinski definition) is 1. The Morgan fingerprint density at radius 1 is 1.14 bits per heavy atom. The number of fused-ring (bicyclic) bond motifs is 2. The van der Waals surface area contributed by atoms with E-state index in [0.717, 1.165) is 62.3 Å². The fourth-order valence-electron chi connectivity index (χ4n) is 5.27. The van der Waals surface area contributed by atoms with Crippen LogP contribution in [0.3, 0.4) is 0 Å². The van der Waals surface area contributed by atoms with E-state index < -0.39 is 5.97 Å². The Bertz CT molecular complexity index is 1800. The summed E-state index contributed by atoms with van der Waals surface area (Å²) in [6, 6.07) is 14.0. The van der Waals surface area contributed by atoms with Crippen LogP contribution in [-0.4, -0.2) is 40.3 Å². The Labute approximate surface area is 247 Å². The molecule has 1 fully saturated rings. The lowest BCUT2D eigenvalue weighted by atomic mass is 9.93. The Kier molecular flexibility index (Phi) is 7.09. The number of methoxy groups -OCH3 is 1. The van der Waals surface area contributed by atoms with Gasteiger partial charge in [0.2, 0.25) is 0 Å². The first-order valence-corrected chi connectivity index (χ1v) is 14.9. The van der Waals surface area contributed by atoms with E-state index in [1.54, 1.807) is 11.3 Å². The molecule has 1 aliphatic rings. The number of aliphatic carboxylic acids is 1. The minimum atomic E-state index is -0.799. The number of nitrogens with zero attached hydrogens (tertiary/aromatic N) is 2. The number of esters is 1. The zero-order valence-corrected chi connectivity index (χ0v) is 25.0. The molecule has 8 nitrogen and oxygen atoms in total. The fourth-order valence-corrected chi connectivity index (χ4v) is 6.27. The number of rotatable bonds is 10. The maximum atomic E-state index is 12.2. The topological polar surface area (TPSA) is 104 Å².